The van der Waals surface area contributed by atoms with E-state index in [2.05, 4.69) is 10.3 Å². The first kappa shape index (κ1) is 15.1. The van der Waals surface area contributed by atoms with E-state index in [-0.39, 0.29) is 21.4 Å². The van der Waals surface area contributed by atoms with Crippen LogP contribution < -0.4 is 5.32 Å². The number of anilines is 1. The zero-order valence-corrected chi connectivity index (χ0v) is 11.7. The van der Waals surface area contributed by atoms with Gasteiger partial charge in [0.05, 0.1) is 9.95 Å². The van der Waals surface area contributed by atoms with Crippen molar-refractivity contribution in [3.63, 3.8) is 0 Å². The van der Waals surface area contributed by atoms with Crippen molar-refractivity contribution in [1.29, 1.82) is 0 Å². The molecule has 0 bridgehead atoms. The number of nitrogens with zero attached hydrogens (tertiary/aromatic N) is 2. The van der Waals surface area contributed by atoms with Gasteiger partial charge < -0.3 is 5.32 Å². The van der Waals surface area contributed by atoms with Crippen molar-refractivity contribution in [2.45, 2.75) is 0 Å². The van der Waals surface area contributed by atoms with Gasteiger partial charge in [-0.25, -0.2) is 9.37 Å². The molecule has 1 aromatic carbocycles. The first-order chi connectivity index (χ1) is 9.88. The number of nitrogens with one attached hydrogen (secondary N) is 1. The quantitative estimate of drug-likeness (QED) is 0.528. The van der Waals surface area contributed by atoms with Crippen LogP contribution in [0.4, 0.5) is 15.8 Å². The van der Waals surface area contributed by atoms with Crippen LogP contribution in [-0.4, -0.2) is 15.8 Å². The third-order valence-electron chi connectivity index (χ3n) is 2.47. The lowest BCUT2D eigenvalue weighted by atomic mass is 10.2. The Morgan fingerprint density at radius 2 is 2.05 bits per heavy atom. The minimum absolute atomic E-state index is 0.0668. The van der Waals surface area contributed by atoms with E-state index in [1.165, 1.54) is 12.1 Å². The maximum Gasteiger partial charge on any atom is 0.300 e. The molecule has 2 aromatic rings. The Hall–Kier alpha value is -2.25. The number of carbonyl (C=O) groups excluding carboxylic acids is 1. The highest BCUT2D eigenvalue weighted by Crippen LogP contribution is 2.23. The average molecular weight is 330 g/mol. The maximum atomic E-state index is 13.0. The summed E-state index contributed by atoms with van der Waals surface area (Å²) in [5, 5.41) is 13.0. The molecule has 0 fully saturated rings. The topological polar surface area (TPSA) is 85.1 Å². The van der Waals surface area contributed by atoms with Gasteiger partial charge in [-0.3, -0.25) is 14.9 Å². The first-order valence-corrected chi connectivity index (χ1v) is 6.20. The third kappa shape index (κ3) is 3.45. The number of hydrogen-bond donors (Lipinski definition) is 1. The molecule has 0 spiro atoms. The van der Waals surface area contributed by atoms with Crippen LogP contribution in [0.5, 0.6) is 0 Å². The summed E-state index contributed by atoms with van der Waals surface area (Å²) in [4.78, 5) is 25.7. The van der Waals surface area contributed by atoms with Crippen LogP contribution in [0.2, 0.25) is 10.2 Å². The predicted molar refractivity (Wildman–Crippen MR) is 75.3 cm³/mol. The molecule has 1 amide bonds. The molecule has 0 aliphatic rings. The molecule has 0 aliphatic heterocycles. The van der Waals surface area contributed by atoms with E-state index in [0.29, 0.717) is 0 Å². The Kier molecular flexibility index (Phi) is 4.35. The van der Waals surface area contributed by atoms with Crippen molar-refractivity contribution >= 4 is 40.5 Å². The van der Waals surface area contributed by atoms with Crippen molar-refractivity contribution in [2.24, 2.45) is 0 Å². The fourth-order valence-electron chi connectivity index (χ4n) is 1.52. The molecule has 0 saturated carbocycles. The molecular formula is C12H6Cl2FN3O3. The first-order valence-electron chi connectivity index (χ1n) is 5.45. The summed E-state index contributed by atoms with van der Waals surface area (Å²) in [6, 6.07) is 4.59. The lowest BCUT2D eigenvalue weighted by Crippen LogP contribution is -2.14. The molecule has 0 saturated heterocycles. The highest BCUT2D eigenvalue weighted by Gasteiger charge is 2.21. The van der Waals surface area contributed by atoms with E-state index in [1.54, 1.807) is 0 Å². The number of hydrogen-bond acceptors (Lipinski definition) is 4. The Bertz CT molecular complexity index is 740. The van der Waals surface area contributed by atoms with Crippen molar-refractivity contribution in [3.8, 4) is 0 Å². The highest BCUT2D eigenvalue weighted by atomic mass is 35.5. The van der Waals surface area contributed by atoms with Crippen LogP contribution in [-0.2, 0) is 0 Å². The summed E-state index contributed by atoms with van der Waals surface area (Å²) in [6.07, 6.45) is 0.884. The molecule has 6 nitrogen and oxygen atoms in total. The van der Waals surface area contributed by atoms with E-state index in [4.69, 9.17) is 23.2 Å². The molecule has 9 heteroatoms. The number of carbonyl (C=O) groups is 1. The molecular weight excluding hydrogens is 324 g/mol. The second kappa shape index (κ2) is 6.02. The van der Waals surface area contributed by atoms with Gasteiger partial charge in [0.25, 0.3) is 11.6 Å². The van der Waals surface area contributed by atoms with Gasteiger partial charge in [0.1, 0.15) is 22.7 Å². The van der Waals surface area contributed by atoms with Crippen LogP contribution in [0.25, 0.3) is 0 Å². The minimum Gasteiger partial charge on any atom is -0.322 e. The van der Waals surface area contributed by atoms with Crippen LogP contribution >= 0.6 is 23.2 Å². The number of amides is 1. The summed E-state index contributed by atoms with van der Waals surface area (Å²) in [5.41, 5.74) is -0.570. The Balaban J connectivity index is 2.34. The van der Waals surface area contributed by atoms with Gasteiger partial charge in [0.2, 0.25) is 0 Å². The molecule has 0 radical (unpaired) electrons. The van der Waals surface area contributed by atoms with Gasteiger partial charge in [0.15, 0.2) is 0 Å². The zero-order chi connectivity index (χ0) is 15.6. The minimum atomic E-state index is -0.784. The smallest absolute Gasteiger partial charge is 0.300 e. The molecule has 1 heterocycles. The van der Waals surface area contributed by atoms with Crippen molar-refractivity contribution in [3.05, 3.63) is 62.1 Å². The Labute approximate surface area is 127 Å². The predicted octanol–water partition coefficient (Wildman–Crippen LogP) is 3.69. The molecule has 0 aliphatic carbocycles. The van der Waals surface area contributed by atoms with Crippen LogP contribution in [0.15, 0.2) is 30.5 Å². The normalized spacial score (nSPS) is 10.2. The Morgan fingerprint density at radius 3 is 2.67 bits per heavy atom. The van der Waals surface area contributed by atoms with Gasteiger partial charge in [-0.2, -0.15) is 0 Å². The number of nitro groups is 1. The summed E-state index contributed by atoms with van der Waals surface area (Å²) in [6.45, 7) is 0. The molecule has 0 atom stereocenters. The highest BCUT2D eigenvalue weighted by molar-refractivity contribution is 6.31. The molecule has 1 aromatic heterocycles. The van der Waals surface area contributed by atoms with E-state index in [9.17, 15) is 19.3 Å². The van der Waals surface area contributed by atoms with Crippen molar-refractivity contribution in [2.75, 3.05) is 5.32 Å². The third-order valence-corrected chi connectivity index (χ3v) is 2.96. The van der Waals surface area contributed by atoms with Gasteiger partial charge in [-0.15, -0.1) is 0 Å². The van der Waals surface area contributed by atoms with Crippen molar-refractivity contribution in [1.82, 2.24) is 4.98 Å². The SMILES string of the molecule is O=C(Nc1ccc(F)c(Cl)c1)c1cc(Cl)ncc1[N+](=O)[O-]. The second-order valence-corrected chi connectivity index (χ2v) is 4.66. The maximum absolute atomic E-state index is 13.0. The summed E-state index contributed by atoms with van der Waals surface area (Å²) in [5.74, 6) is -1.43. The second-order valence-electron chi connectivity index (χ2n) is 3.86. The standard InChI is InChI=1S/C12H6Cl2FN3O3/c13-8-3-6(1-2-9(8)15)17-12(19)7-4-11(14)16-5-10(7)18(20)21/h1-5H,(H,17,19). The fraction of sp³-hybridized carbons (Fsp3) is 0. The van der Waals surface area contributed by atoms with Crippen LogP contribution in [0.3, 0.4) is 0 Å². The van der Waals surface area contributed by atoms with E-state index >= 15 is 0 Å². The van der Waals surface area contributed by atoms with E-state index in [1.807, 2.05) is 0 Å². The number of pyridine rings is 1. The molecule has 0 unspecified atom stereocenters. The molecule has 1 N–H and O–H groups in total. The number of benzene rings is 1. The van der Waals surface area contributed by atoms with Gasteiger partial charge in [0, 0.05) is 5.69 Å². The van der Waals surface area contributed by atoms with Crippen LogP contribution in [0.1, 0.15) is 10.4 Å². The number of aromatic nitrogens is 1. The van der Waals surface area contributed by atoms with E-state index < -0.39 is 22.3 Å². The van der Waals surface area contributed by atoms with Gasteiger partial charge in [-0.1, -0.05) is 23.2 Å². The zero-order valence-electron chi connectivity index (χ0n) is 10.1. The summed E-state index contributed by atoms with van der Waals surface area (Å²) in [7, 11) is 0. The monoisotopic (exact) mass is 329 g/mol. The lowest BCUT2D eigenvalue weighted by molar-refractivity contribution is -0.385. The number of halogens is 3. The Morgan fingerprint density at radius 1 is 1.33 bits per heavy atom. The van der Waals surface area contributed by atoms with E-state index in [0.717, 1.165) is 18.3 Å². The summed E-state index contributed by atoms with van der Waals surface area (Å²) < 4.78 is 13.0. The molecule has 21 heavy (non-hydrogen) atoms. The van der Waals surface area contributed by atoms with Gasteiger partial charge >= 0.3 is 0 Å². The lowest BCUT2D eigenvalue weighted by Gasteiger charge is -2.06. The fourth-order valence-corrected chi connectivity index (χ4v) is 1.86. The molecule has 108 valence electrons. The number of rotatable bonds is 3. The van der Waals surface area contributed by atoms with Crippen molar-refractivity contribution < 1.29 is 14.1 Å². The molecule has 2 rings (SSSR count). The van der Waals surface area contributed by atoms with Gasteiger partial charge in [-0.05, 0) is 24.3 Å². The van der Waals surface area contributed by atoms with Crippen LogP contribution in [0, 0.1) is 15.9 Å². The average Bonchev–Trinajstić information content (AvgIpc) is 2.42. The summed E-state index contributed by atoms with van der Waals surface area (Å²) >= 11 is 11.2. The largest absolute Gasteiger partial charge is 0.322 e.